The first-order valence-electron chi connectivity index (χ1n) is 8.93. The summed E-state index contributed by atoms with van der Waals surface area (Å²) in [5.74, 6) is -0.231. The van der Waals surface area contributed by atoms with Crippen LogP contribution in [0.25, 0.3) is 11.0 Å². The van der Waals surface area contributed by atoms with Crippen LogP contribution in [-0.2, 0) is 26.2 Å². The van der Waals surface area contributed by atoms with Crippen molar-refractivity contribution in [1.29, 1.82) is 0 Å². The minimum absolute atomic E-state index is 0.231. The zero-order valence-electron chi connectivity index (χ0n) is 15.0. The molecule has 7 nitrogen and oxygen atoms in total. The highest BCUT2D eigenvalue weighted by atomic mass is 16.2. The van der Waals surface area contributed by atoms with E-state index in [1.54, 1.807) is 25.1 Å². The Morgan fingerprint density at radius 2 is 1.93 bits per heavy atom. The van der Waals surface area contributed by atoms with Gasteiger partial charge < -0.3 is 20.2 Å². The van der Waals surface area contributed by atoms with Crippen LogP contribution in [0.3, 0.4) is 0 Å². The maximum absolute atomic E-state index is 12.5. The van der Waals surface area contributed by atoms with Crippen molar-refractivity contribution in [3.8, 4) is 0 Å². The quantitative estimate of drug-likeness (QED) is 0.607. The second-order valence-electron chi connectivity index (χ2n) is 6.62. The van der Waals surface area contributed by atoms with Gasteiger partial charge in [-0.25, -0.2) is 0 Å². The van der Waals surface area contributed by atoms with Gasteiger partial charge in [0, 0.05) is 31.7 Å². The Balaban J connectivity index is 1.57. The standard InChI is InChI=1S/C20H20N4O3/c1-2-24-17-6-5-13(8-16(17)23-19(26)20(24)27)18(25)22-9-12-3-4-14-10-21-11-15(14)7-12/h3-8,21H,2,9-11H2,1H3,(H,22,25)(H,23,26). The molecular weight excluding hydrogens is 344 g/mol. The first kappa shape index (κ1) is 17.2. The summed E-state index contributed by atoms with van der Waals surface area (Å²) in [4.78, 5) is 38.8. The lowest BCUT2D eigenvalue weighted by Gasteiger charge is -2.10. The molecule has 0 bridgehead atoms. The Morgan fingerprint density at radius 3 is 2.74 bits per heavy atom. The Hall–Kier alpha value is -3.19. The summed E-state index contributed by atoms with van der Waals surface area (Å²) >= 11 is 0. The van der Waals surface area contributed by atoms with Gasteiger partial charge in [-0.3, -0.25) is 14.4 Å². The van der Waals surface area contributed by atoms with Crippen LogP contribution < -0.4 is 21.8 Å². The van der Waals surface area contributed by atoms with Gasteiger partial charge in [0.15, 0.2) is 0 Å². The number of aromatic nitrogens is 2. The van der Waals surface area contributed by atoms with Crippen molar-refractivity contribution in [2.45, 2.75) is 33.1 Å². The minimum atomic E-state index is -0.686. The number of nitrogens with one attached hydrogen (secondary N) is 3. The van der Waals surface area contributed by atoms with Crippen molar-refractivity contribution in [2.75, 3.05) is 0 Å². The van der Waals surface area contributed by atoms with Gasteiger partial charge in [-0.2, -0.15) is 0 Å². The van der Waals surface area contributed by atoms with Crippen molar-refractivity contribution in [3.63, 3.8) is 0 Å². The van der Waals surface area contributed by atoms with Gasteiger partial charge in [-0.1, -0.05) is 18.2 Å². The topological polar surface area (TPSA) is 96.0 Å². The van der Waals surface area contributed by atoms with Crippen LogP contribution >= 0.6 is 0 Å². The number of amides is 1. The number of carbonyl (C=O) groups excluding carboxylic acids is 1. The number of hydrogen-bond acceptors (Lipinski definition) is 4. The van der Waals surface area contributed by atoms with Crippen LogP contribution in [-0.4, -0.2) is 15.5 Å². The molecule has 0 fully saturated rings. The number of H-pyrrole nitrogens is 1. The first-order valence-corrected chi connectivity index (χ1v) is 8.93. The van der Waals surface area contributed by atoms with Gasteiger partial charge in [-0.15, -0.1) is 0 Å². The van der Waals surface area contributed by atoms with Gasteiger partial charge in [0.05, 0.1) is 11.0 Å². The Bertz CT molecular complexity index is 1160. The zero-order chi connectivity index (χ0) is 19.0. The van der Waals surface area contributed by atoms with Crippen LogP contribution in [0.2, 0.25) is 0 Å². The van der Waals surface area contributed by atoms with Crippen molar-refractivity contribution in [1.82, 2.24) is 20.2 Å². The van der Waals surface area contributed by atoms with E-state index in [1.165, 1.54) is 15.7 Å². The van der Waals surface area contributed by atoms with Crippen molar-refractivity contribution < 1.29 is 4.79 Å². The zero-order valence-corrected chi connectivity index (χ0v) is 15.0. The van der Waals surface area contributed by atoms with E-state index in [0.29, 0.717) is 29.7 Å². The second kappa shape index (κ2) is 6.85. The van der Waals surface area contributed by atoms with Gasteiger partial charge in [-0.05, 0) is 41.8 Å². The highest BCUT2D eigenvalue weighted by molar-refractivity contribution is 5.97. The van der Waals surface area contributed by atoms with Crippen molar-refractivity contribution in [2.24, 2.45) is 0 Å². The molecule has 0 radical (unpaired) electrons. The molecular formula is C20H20N4O3. The molecule has 3 N–H and O–H groups in total. The third-order valence-corrected chi connectivity index (χ3v) is 4.91. The van der Waals surface area contributed by atoms with E-state index < -0.39 is 11.1 Å². The predicted molar refractivity (Wildman–Crippen MR) is 103 cm³/mol. The first-order chi connectivity index (χ1) is 13.1. The predicted octanol–water partition coefficient (Wildman–Crippen LogP) is 1.24. The average Bonchev–Trinajstić information content (AvgIpc) is 3.14. The number of aromatic amines is 1. The van der Waals surface area contributed by atoms with Crippen LogP contribution in [0.5, 0.6) is 0 Å². The molecule has 3 aromatic rings. The van der Waals surface area contributed by atoms with Crippen LogP contribution in [0, 0.1) is 0 Å². The lowest BCUT2D eigenvalue weighted by atomic mass is 10.1. The third-order valence-electron chi connectivity index (χ3n) is 4.91. The maximum Gasteiger partial charge on any atom is 0.316 e. The molecule has 0 atom stereocenters. The fraction of sp³-hybridized carbons (Fsp3) is 0.250. The summed E-state index contributed by atoms with van der Waals surface area (Å²) in [7, 11) is 0. The van der Waals surface area contributed by atoms with Crippen LogP contribution in [0.1, 0.15) is 34.0 Å². The molecule has 138 valence electrons. The average molecular weight is 364 g/mol. The number of hydrogen-bond donors (Lipinski definition) is 3. The van der Waals surface area contributed by atoms with Crippen LogP contribution in [0.4, 0.5) is 0 Å². The number of nitrogens with zero attached hydrogens (tertiary/aromatic N) is 1. The second-order valence-corrected chi connectivity index (χ2v) is 6.62. The molecule has 0 saturated heterocycles. The smallest absolute Gasteiger partial charge is 0.316 e. The van der Waals surface area contributed by atoms with Gasteiger partial charge in [0.1, 0.15) is 0 Å². The summed E-state index contributed by atoms with van der Waals surface area (Å²) in [6.07, 6.45) is 0. The van der Waals surface area contributed by atoms with E-state index in [1.807, 2.05) is 6.07 Å². The molecule has 27 heavy (non-hydrogen) atoms. The number of fused-ring (bicyclic) bond motifs is 2. The van der Waals surface area contributed by atoms with E-state index in [-0.39, 0.29) is 5.91 Å². The lowest BCUT2D eigenvalue weighted by molar-refractivity contribution is 0.0951. The molecule has 0 unspecified atom stereocenters. The molecule has 1 aliphatic rings. The molecule has 7 heteroatoms. The monoisotopic (exact) mass is 364 g/mol. The molecule has 2 heterocycles. The minimum Gasteiger partial charge on any atom is -0.348 e. The normalized spacial score (nSPS) is 12.9. The van der Waals surface area contributed by atoms with Gasteiger partial charge in [0.2, 0.25) is 0 Å². The summed E-state index contributed by atoms with van der Waals surface area (Å²) < 4.78 is 1.40. The highest BCUT2D eigenvalue weighted by Crippen LogP contribution is 2.17. The molecule has 1 amide bonds. The van der Waals surface area contributed by atoms with E-state index in [2.05, 4.69) is 27.8 Å². The fourth-order valence-electron chi connectivity index (χ4n) is 3.48. The molecule has 4 rings (SSSR count). The summed E-state index contributed by atoms with van der Waals surface area (Å²) in [5, 5.41) is 6.21. The van der Waals surface area contributed by atoms with Crippen molar-refractivity contribution >= 4 is 16.9 Å². The number of aryl methyl sites for hydroxylation is 1. The maximum atomic E-state index is 12.5. The van der Waals surface area contributed by atoms with Gasteiger partial charge >= 0.3 is 11.1 Å². The van der Waals surface area contributed by atoms with Crippen molar-refractivity contribution in [3.05, 3.63) is 79.4 Å². The number of rotatable bonds is 4. The Morgan fingerprint density at radius 1 is 1.11 bits per heavy atom. The summed E-state index contributed by atoms with van der Waals surface area (Å²) in [5.41, 5.74) is 3.83. The fourth-order valence-corrected chi connectivity index (χ4v) is 3.48. The van der Waals surface area contributed by atoms with Crippen LogP contribution in [0.15, 0.2) is 46.0 Å². The lowest BCUT2D eigenvalue weighted by Crippen LogP contribution is -2.36. The van der Waals surface area contributed by atoms with Gasteiger partial charge in [0.25, 0.3) is 5.91 Å². The SMILES string of the molecule is CCn1c(=O)c(=O)[nH]c2cc(C(=O)NCc3ccc4c(c3)CNC4)ccc21. The van der Waals surface area contributed by atoms with E-state index >= 15 is 0 Å². The molecule has 0 spiro atoms. The number of benzene rings is 2. The summed E-state index contributed by atoms with van der Waals surface area (Å²) in [6.45, 7) is 4.36. The Kier molecular flexibility index (Phi) is 4.37. The van der Waals surface area contributed by atoms with E-state index in [4.69, 9.17) is 0 Å². The molecule has 2 aromatic carbocycles. The van der Waals surface area contributed by atoms with E-state index in [0.717, 1.165) is 18.7 Å². The number of carbonyl (C=O) groups is 1. The Labute approximate surface area is 155 Å². The van der Waals surface area contributed by atoms with E-state index in [9.17, 15) is 14.4 Å². The largest absolute Gasteiger partial charge is 0.348 e. The third kappa shape index (κ3) is 3.17. The molecule has 1 aliphatic heterocycles. The molecule has 0 saturated carbocycles. The summed E-state index contributed by atoms with van der Waals surface area (Å²) in [6, 6.07) is 11.2. The molecule has 0 aliphatic carbocycles. The molecule has 1 aromatic heterocycles. The highest BCUT2D eigenvalue weighted by Gasteiger charge is 2.12.